The van der Waals surface area contributed by atoms with Gasteiger partial charge in [-0.1, -0.05) is 25.4 Å². The van der Waals surface area contributed by atoms with Gasteiger partial charge in [-0.3, -0.25) is 4.79 Å². The standard InChI is InChI=1S/C16H25ClN2O/c1-3-19(4-2)12-6-5-11-18-13-16(20)14-7-9-15(17)10-8-14/h7-10,18H,3-6,11-13H2,1-2H3. The van der Waals surface area contributed by atoms with E-state index in [1.165, 1.54) is 6.42 Å². The molecule has 1 rings (SSSR count). The molecule has 0 bridgehead atoms. The molecule has 1 aromatic carbocycles. The molecule has 3 nitrogen and oxygen atoms in total. The van der Waals surface area contributed by atoms with Crippen LogP contribution in [0.4, 0.5) is 0 Å². The van der Waals surface area contributed by atoms with Crippen LogP contribution in [0.3, 0.4) is 0 Å². The van der Waals surface area contributed by atoms with Crippen molar-refractivity contribution in [2.75, 3.05) is 32.7 Å². The van der Waals surface area contributed by atoms with Gasteiger partial charge in [-0.15, -0.1) is 0 Å². The molecule has 0 radical (unpaired) electrons. The topological polar surface area (TPSA) is 32.3 Å². The maximum atomic E-state index is 11.9. The van der Waals surface area contributed by atoms with Crippen LogP contribution >= 0.6 is 11.6 Å². The molecule has 0 aromatic heterocycles. The second-order valence-corrected chi connectivity index (χ2v) is 5.28. The third kappa shape index (κ3) is 6.51. The molecule has 0 amide bonds. The Bertz CT molecular complexity index is 388. The maximum absolute atomic E-state index is 11.9. The fourth-order valence-corrected chi connectivity index (χ4v) is 2.19. The van der Waals surface area contributed by atoms with Gasteiger partial charge in [0.2, 0.25) is 0 Å². The van der Waals surface area contributed by atoms with Crippen LogP contribution in [0, 0.1) is 0 Å². The van der Waals surface area contributed by atoms with Crippen LogP contribution in [0.25, 0.3) is 0 Å². The molecule has 0 aliphatic heterocycles. The van der Waals surface area contributed by atoms with Crippen molar-refractivity contribution in [2.24, 2.45) is 0 Å². The molecule has 0 saturated heterocycles. The third-order valence-electron chi connectivity index (χ3n) is 3.42. The van der Waals surface area contributed by atoms with Crippen molar-refractivity contribution >= 4 is 17.4 Å². The fourth-order valence-electron chi connectivity index (χ4n) is 2.07. The summed E-state index contributed by atoms with van der Waals surface area (Å²) in [6.07, 6.45) is 2.27. The Labute approximate surface area is 127 Å². The second kappa shape index (κ2) is 9.92. The van der Waals surface area contributed by atoms with Crippen molar-refractivity contribution < 1.29 is 4.79 Å². The Morgan fingerprint density at radius 3 is 2.40 bits per heavy atom. The molecule has 0 spiro atoms. The predicted octanol–water partition coefficient (Wildman–Crippen LogP) is 3.23. The van der Waals surface area contributed by atoms with Crippen LogP contribution in [-0.4, -0.2) is 43.4 Å². The predicted molar refractivity (Wildman–Crippen MR) is 85.7 cm³/mol. The molecular weight excluding hydrogens is 272 g/mol. The highest BCUT2D eigenvalue weighted by Crippen LogP contribution is 2.09. The average Bonchev–Trinajstić information content (AvgIpc) is 2.47. The third-order valence-corrected chi connectivity index (χ3v) is 3.68. The quantitative estimate of drug-likeness (QED) is 0.531. The zero-order chi connectivity index (χ0) is 14.8. The van der Waals surface area contributed by atoms with Gasteiger partial charge in [0.25, 0.3) is 0 Å². The van der Waals surface area contributed by atoms with Gasteiger partial charge in [0.15, 0.2) is 5.78 Å². The van der Waals surface area contributed by atoms with E-state index >= 15 is 0 Å². The van der Waals surface area contributed by atoms with Crippen LogP contribution in [0.1, 0.15) is 37.0 Å². The van der Waals surface area contributed by atoms with E-state index in [1.54, 1.807) is 24.3 Å². The molecule has 0 fully saturated rings. The van der Waals surface area contributed by atoms with Crippen molar-refractivity contribution in [3.05, 3.63) is 34.9 Å². The average molecular weight is 297 g/mol. The van der Waals surface area contributed by atoms with Crippen molar-refractivity contribution in [1.29, 1.82) is 0 Å². The summed E-state index contributed by atoms with van der Waals surface area (Å²) in [5.74, 6) is 0.116. The first kappa shape index (κ1) is 17.2. The number of Topliss-reactive ketones (excluding diaryl/α,β-unsaturated/α-hetero) is 1. The van der Waals surface area contributed by atoms with Crippen molar-refractivity contribution in [3.8, 4) is 0 Å². The molecule has 0 heterocycles. The minimum atomic E-state index is 0.116. The van der Waals surface area contributed by atoms with E-state index in [4.69, 9.17) is 11.6 Å². The van der Waals surface area contributed by atoms with Gasteiger partial charge in [0.05, 0.1) is 6.54 Å². The maximum Gasteiger partial charge on any atom is 0.176 e. The molecule has 0 unspecified atom stereocenters. The normalized spacial score (nSPS) is 11.0. The Hall–Kier alpha value is -0.900. The molecule has 0 aliphatic rings. The highest BCUT2D eigenvalue weighted by Gasteiger charge is 2.04. The first-order chi connectivity index (χ1) is 9.67. The number of ketones is 1. The van der Waals surface area contributed by atoms with Gasteiger partial charge < -0.3 is 10.2 Å². The van der Waals surface area contributed by atoms with Gasteiger partial charge in [0, 0.05) is 10.6 Å². The monoisotopic (exact) mass is 296 g/mol. The van der Waals surface area contributed by atoms with Crippen LogP contribution in [0.15, 0.2) is 24.3 Å². The lowest BCUT2D eigenvalue weighted by Crippen LogP contribution is -2.26. The molecule has 0 aliphatic carbocycles. The summed E-state index contributed by atoms with van der Waals surface area (Å²) in [7, 11) is 0. The Morgan fingerprint density at radius 2 is 1.80 bits per heavy atom. The number of hydrogen-bond acceptors (Lipinski definition) is 3. The molecule has 1 aromatic rings. The second-order valence-electron chi connectivity index (χ2n) is 4.84. The van der Waals surface area contributed by atoms with Gasteiger partial charge in [-0.2, -0.15) is 0 Å². The van der Waals surface area contributed by atoms with Crippen LogP contribution in [-0.2, 0) is 0 Å². The summed E-state index contributed by atoms with van der Waals surface area (Å²) in [5, 5.41) is 3.87. The molecule has 0 atom stereocenters. The van der Waals surface area contributed by atoms with Crippen LogP contribution in [0.2, 0.25) is 5.02 Å². The van der Waals surface area contributed by atoms with E-state index in [0.29, 0.717) is 17.1 Å². The van der Waals surface area contributed by atoms with Crippen LogP contribution < -0.4 is 5.32 Å². The largest absolute Gasteiger partial charge is 0.310 e. The Morgan fingerprint density at radius 1 is 1.15 bits per heavy atom. The summed E-state index contributed by atoms with van der Waals surface area (Å²) in [6.45, 7) is 9.02. The minimum Gasteiger partial charge on any atom is -0.310 e. The van der Waals surface area contributed by atoms with Crippen molar-refractivity contribution in [3.63, 3.8) is 0 Å². The molecule has 0 saturated carbocycles. The van der Waals surface area contributed by atoms with E-state index in [-0.39, 0.29) is 5.78 Å². The first-order valence-corrected chi connectivity index (χ1v) is 7.77. The van der Waals surface area contributed by atoms with E-state index in [0.717, 1.165) is 32.6 Å². The number of nitrogens with one attached hydrogen (secondary N) is 1. The molecule has 1 N–H and O–H groups in total. The molecule has 112 valence electrons. The minimum absolute atomic E-state index is 0.116. The summed E-state index contributed by atoms with van der Waals surface area (Å²) >= 11 is 5.80. The number of rotatable bonds is 10. The van der Waals surface area contributed by atoms with Gasteiger partial charge >= 0.3 is 0 Å². The van der Waals surface area contributed by atoms with Gasteiger partial charge in [-0.25, -0.2) is 0 Å². The number of benzene rings is 1. The molecule has 20 heavy (non-hydrogen) atoms. The van der Waals surface area contributed by atoms with Crippen molar-refractivity contribution in [1.82, 2.24) is 10.2 Å². The Kier molecular flexibility index (Phi) is 8.51. The summed E-state index contributed by atoms with van der Waals surface area (Å²) in [6, 6.07) is 7.04. The highest BCUT2D eigenvalue weighted by molar-refractivity contribution is 6.30. The van der Waals surface area contributed by atoms with E-state index in [1.807, 2.05) is 0 Å². The number of halogens is 1. The summed E-state index contributed by atoms with van der Waals surface area (Å²) < 4.78 is 0. The van der Waals surface area contributed by atoms with Crippen LogP contribution in [0.5, 0.6) is 0 Å². The van der Waals surface area contributed by atoms with E-state index in [9.17, 15) is 4.79 Å². The lowest BCUT2D eigenvalue weighted by molar-refractivity contribution is 0.0991. The SMILES string of the molecule is CCN(CC)CCCCNCC(=O)c1ccc(Cl)cc1. The molecule has 4 heteroatoms. The number of nitrogens with zero attached hydrogens (tertiary/aromatic N) is 1. The number of carbonyl (C=O) groups excluding carboxylic acids is 1. The van der Waals surface area contributed by atoms with Gasteiger partial charge in [0.1, 0.15) is 0 Å². The summed E-state index contributed by atoms with van der Waals surface area (Å²) in [4.78, 5) is 14.3. The van der Waals surface area contributed by atoms with Gasteiger partial charge in [-0.05, 0) is 63.3 Å². The zero-order valence-electron chi connectivity index (χ0n) is 12.5. The molecular formula is C16H25ClN2O. The Balaban J connectivity index is 2.12. The first-order valence-electron chi connectivity index (χ1n) is 7.39. The smallest absolute Gasteiger partial charge is 0.176 e. The van der Waals surface area contributed by atoms with E-state index in [2.05, 4.69) is 24.1 Å². The highest BCUT2D eigenvalue weighted by atomic mass is 35.5. The van der Waals surface area contributed by atoms with Crippen molar-refractivity contribution in [2.45, 2.75) is 26.7 Å². The number of hydrogen-bond donors (Lipinski definition) is 1. The lowest BCUT2D eigenvalue weighted by Gasteiger charge is -2.17. The lowest BCUT2D eigenvalue weighted by atomic mass is 10.1. The summed E-state index contributed by atoms with van der Waals surface area (Å²) in [5.41, 5.74) is 0.713. The zero-order valence-corrected chi connectivity index (χ0v) is 13.2. The fraction of sp³-hybridized carbons (Fsp3) is 0.562. The van der Waals surface area contributed by atoms with E-state index < -0.39 is 0 Å². The number of carbonyl (C=O) groups is 1. The number of unbranched alkanes of at least 4 members (excludes halogenated alkanes) is 1.